The Morgan fingerprint density at radius 2 is 1.20 bits per heavy atom. The molecule has 0 radical (unpaired) electrons. The van der Waals surface area contributed by atoms with Crippen LogP contribution in [-0.4, -0.2) is 118 Å². The van der Waals surface area contributed by atoms with Gasteiger partial charge in [-0.25, -0.2) is 46.0 Å². The van der Waals surface area contributed by atoms with E-state index < -0.39 is 40.6 Å². The van der Waals surface area contributed by atoms with E-state index in [0.29, 0.717) is 42.3 Å². The van der Waals surface area contributed by atoms with Crippen LogP contribution in [0.2, 0.25) is 0 Å². The average Bonchev–Trinajstić information content (AvgIpc) is 4.01. The minimum Gasteiger partial charge on any atom is -0.273 e. The predicted molar refractivity (Wildman–Crippen MR) is 291 cm³/mol. The van der Waals surface area contributed by atoms with E-state index in [4.69, 9.17) is 40.1 Å². The summed E-state index contributed by atoms with van der Waals surface area (Å²) in [6, 6.07) is 8.76. The lowest BCUT2D eigenvalue weighted by Crippen LogP contribution is -2.64. The number of sulfonamides is 1. The Balaban J connectivity index is 0.000000180. The van der Waals surface area contributed by atoms with E-state index in [0.717, 1.165) is 72.5 Å². The molecule has 1 unspecified atom stereocenters. The van der Waals surface area contributed by atoms with E-state index in [1.54, 1.807) is 45.5 Å². The van der Waals surface area contributed by atoms with Crippen molar-refractivity contribution in [2.24, 2.45) is 15.2 Å². The van der Waals surface area contributed by atoms with Crippen LogP contribution in [-0.2, 0) is 31.0 Å². The van der Waals surface area contributed by atoms with Crippen molar-refractivity contribution < 1.29 is 22.2 Å². The van der Waals surface area contributed by atoms with Gasteiger partial charge in [0.05, 0.1) is 66.1 Å². The predicted octanol–water partition coefficient (Wildman–Crippen LogP) is 9.32. The molecule has 1 aliphatic heterocycles. The van der Waals surface area contributed by atoms with Gasteiger partial charge in [-0.2, -0.15) is 20.7 Å². The molecule has 4 fully saturated rings. The monoisotopic (exact) mass is 1120 g/mol. The first-order chi connectivity index (χ1) is 35.3. The first-order valence-corrected chi connectivity index (χ1v) is 29.4. The van der Waals surface area contributed by atoms with Gasteiger partial charge in [-0.1, -0.05) is 83.3 Å². The molecule has 402 valence electrons. The molecule has 20 nitrogen and oxygen atoms in total. The van der Waals surface area contributed by atoms with E-state index in [1.165, 1.54) is 12.7 Å². The van der Waals surface area contributed by atoms with Crippen molar-refractivity contribution in [3.63, 3.8) is 0 Å². The fourth-order valence-electron chi connectivity index (χ4n) is 8.61. The molecule has 1 N–H and O–H groups in total. The summed E-state index contributed by atoms with van der Waals surface area (Å²) in [6.07, 6.45) is 21.6. The molecule has 0 amide bonds. The highest BCUT2D eigenvalue weighted by atomic mass is 35.6. The van der Waals surface area contributed by atoms with Crippen molar-refractivity contribution in [2.75, 3.05) is 24.6 Å². The highest BCUT2D eigenvalue weighted by Gasteiger charge is 2.49. The molecule has 4 aliphatic rings. The number of aromatic nitrogens is 10. The summed E-state index contributed by atoms with van der Waals surface area (Å²) in [4.78, 5) is 43.2. The zero-order valence-corrected chi connectivity index (χ0v) is 47.4. The first kappa shape index (κ1) is 57.4. The van der Waals surface area contributed by atoms with E-state index in [1.807, 2.05) is 82.0 Å². The van der Waals surface area contributed by atoms with Gasteiger partial charge in [-0.05, 0) is 64.0 Å². The van der Waals surface area contributed by atoms with Crippen molar-refractivity contribution in [1.82, 2.24) is 57.7 Å². The highest BCUT2D eigenvalue weighted by Crippen LogP contribution is 2.43. The third-order valence-electron chi connectivity index (χ3n) is 13.4. The van der Waals surface area contributed by atoms with Crippen molar-refractivity contribution in [3.8, 4) is 34.7 Å². The second-order valence-corrected chi connectivity index (χ2v) is 27.8. The van der Waals surface area contributed by atoms with Gasteiger partial charge >= 0.3 is 0 Å². The number of rotatable bonds is 12. The molecular weight excluding hydrogens is 1060 g/mol. The molecule has 6 aromatic rings. The van der Waals surface area contributed by atoms with Crippen molar-refractivity contribution in [2.45, 2.75) is 141 Å². The lowest BCUT2D eigenvalue weighted by molar-refractivity contribution is 0.0749. The summed E-state index contributed by atoms with van der Waals surface area (Å²) in [5, 5.41) is 29.4. The van der Waals surface area contributed by atoms with E-state index in [2.05, 4.69) is 51.4 Å². The molecule has 1 saturated heterocycles. The fourth-order valence-corrected chi connectivity index (χ4v) is 11.7. The second-order valence-electron chi connectivity index (χ2n) is 21.3. The fraction of sp³-hybridized carbons (Fsp3) is 0.560. The summed E-state index contributed by atoms with van der Waals surface area (Å²) in [5.41, 5.74) is 2.40. The van der Waals surface area contributed by atoms with Crippen LogP contribution in [0.5, 0.6) is 0 Å². The number of carbonyl (C=O) groups is 2. The molecular formula is C50H64Cl3N15O5S2. The van der Waals surface area contributed by atoms with E-state index in [9.17, 15) is 27.5 Å². The average molecular weight is 1130 g/mol. The normalized spacial score (nSPS) is 17.8. The van der Waals surface area contributed by atoms with Crippen LogP contribution in [0.15, 0.2) is 66.3 Å². The van der Waals surface area contributed by atoms with Gasteiger partial charge in [0.2, 0.25) is 21.8 Å². The summed E-state index contributed by atoms with van der Waals surface area (Å²) in [6.45, 7) is 15.8. The molecule has 3 aliphatic carbocycles. The van der Waals surface area contributed by atoms with Crippen LogP contribution in [0.4, 0.5) is 0 Å². The van der Waals surface area contributed by atoms with Gasteiger partial charge in [-0.3, -0.25) is 28.1 Å². The van der Waals surface area contributed by atoms with Crippen molar-refractivity contribution in [3.05, 3.63) is 62.0 Å². The van der Waals surface area contributed by atoms with Gasteiger partial charge in [0.1, 0.15) is 28.1 Å². The molecule has 0 aromatic carbocycles. The molecule has 7 heterocycles. The standard InChI is InChI=1S/C24H30N8O2S.C20H22N6O.C5H11NO2S.CHCl3/c1-5-35(34,29-18-6-7-18)30-14-24(15-30,9-10-25)32-13-17(12-28-32)20-19-8-11-31(21(19)27-16-26-20)22(33)23(2,3)4;1-19(2,3)18(27)25-10-5-15-16(22-13-23-17(15)25)14-11-24-26(12-14)20(8-9-21)6-4-7-20;1-2-9(7,8)6-5-3-4-5;2-1(3)4/h8,11-13,16,18H,5-7,9,14-15H2,1-4H3;5,10-13H,4,6-8H2,1-3H3;5-6H,2-4H2,1H3;1H. The molecule has 25 heteroatoms. The quantitative estimate of drug-likeness (QED) is 0.112. The van der Waals surface area contributed by atoms with Crippen molar-refractivity contribution >= 4 is 88.6 Å². The SMILES string of the molecule is CC(C)(C)C(=O)n1ccc2c(-c3cnn(C4(CC#N)CCC4)c3)ncnc21.CCS(=O)(=NC1CC1)N1CC(CC#N)(n2cc(-c3ncnc4c3ccn4C(=O)C(C)(C)C)cn2)C1.CCS(=O)(=O)NC1CC1.ClC(Cl)Cl. The molecule has 1 atom stereocenters. The lowest BCUT2D eigenvalue weighted by Gasteiger charge is -2.49. The Kier molecular flexibility index (Phi) is 17.4. The zero-order chi connectivity index (χ0) is 54.7. The number of nitrogens with zero attached hydrogens (tertiary/aromatic N) is 14. The smallest absolute Gasteiger partial charge is 0.237 e. The molecule has 0 spiro atoms. The van der Waals surface area contributed by atoms with Crippen LogP contribution >= 0.6 is 34.8 Å². The second kappa shape index (κ2) is 22.7. The molecule has 0 bridgehead atoms. The van der Waals surface area contributed by atoms with Gasteiger partial charge < -0.3 is 0 Å². The Labute approximate surface area is 453 Å². The maximum Gasteiger partial charge on any atom is 0.237 e. The van der Waals surface area contributed by atoms with Crippen LogP contribution in [0, 0.1) is 33.5 Å². The van der Waals surface area contributed by atoms with Gasteiger partial charge in [0.25, 0.3) is 0 Å². The lowest BCUT2D eigenvalue weighted by atomic mass is 9.75. The largest absolute Gasteiger partial charge is 0.273 e. The summed E-state index contributed by atoms with van der Waals surface area (Å²) in [5.74, 6) is 0.607. The number of fused-ring (bicyclic) bond motifs is 2. The molecule has 75 heavy (non-hydrogen) atoms. The number of carbonyl (C=O) groups excluding carboxylic acids is 2. The molecule has 6 aromatic heterocycles. The van der Waals surface area contributed by atoms with Crippen LogP contribution in [0.1, 0.15) is 123 Å². The Bertz CT molecular complexity index is 3360. The Morgan fingerprint density at radius 3 is 1.57 bits per heavy atom. The first-order valence-electron chi connectivity index (χ1n) is 24.8. The third kappa shape index (κ3) is 13.1. The maximum atomic E-state index is 13.4. The maximum absolute atomic E-state index is 13.4. The number of nitriles is 2. The topological polar surface area (TPSA) is 258 Å². The van der Waals surface area contributed by atoms with Crippen LogP contribution in [0.3, 0.4) is 0 Å². The zero-order valence-electron chi connectivity index (χ0n) is 43.5. The van der Waals surface area contributed by atoms with Gasteiger partial charge in [-0.15, -0.1) is 0 Å². The van der Waals surface area contributed by atoms with Crippen LogP contribution < -0.4 is 4.72 Å². The molecule has 10 rings (SSSR count). The van der Waals surface area contributed by atoms with E-state index in [-0.39, 0.29) is 41.6 Å². The van der Waals surface area contributed by atoms with Crippen molar-refractivity contribution in [1.29, 1.82) is 10.5 Å². The number of nitrogens with one attached hydrogen (secondary N) is 1. The Morgan fingerprint density at radius 1 is 0.747 bits per heavy atom. The summed E-state index contributed by atoms with van der Waals surface area (Å²) < 4.78 is 50.1. The van der Waals surface area contributed by atoms with Gasteiger partial charge in [0, 0.05) is 82.4 Å². The van der Waals surface area contributed by atoms with E-state index >= 15 is 0 Å². The summed E-state index contributed by atoms with van der Waals surface area (Å²) in [7, 11) is -5.35. The number of hydrogen-bond donors (Lipinski definition) is 1. The third-order valence-corrected chi connectivity index (χ3v) is 17.3. The highest BCUT2D eigenvalue weighted by molar-refractivity contribution is 7.91. The minimum atomic E-state index is -2.91. The Hall–Kier alpha value is -5.33. The number of halogens is 3. The minimum absolute atomic E-state index is 0.0136. The molecule has 3 saturated carbocycles. The summed E-state index contributed by atoms with van der Waals surface area (Å²) >= 11 is 14.4. The van der Waals surface area contributed by atoms with Gasteiger partial charge in [0.15, 0.2) is 15.6 Å². The number of hydrogen-bond acceptors (Lipinski definition) is 14. The van der Waals surface area contributed by atoms with Crippen LogP contribution in [0.25, 0.3) is 44.6 Å². The number of alkyl halides is 3.